The molecule has 3 aromatic carbocycles. The van der Waals surface area contributed by atoms with Crippen molar-refractivity contribution in [2.24, 2.45) is 0 Å². The quantitative estimate of drug-likeness (QED) is 0.218. The van der Waals surface area contributed by atoms with Crippen LogP contribution < -0.4 is 10.2 Å². The summed E-state index contributed by atoms with van der Waals surface area (Å²) in [5, 5.41) is 3.91. The predicted molar refractivity (Wildman–Crippen MR) is 147 cm³/mol. The van der Waals surface area contributed by atoms with Crippen molar-refractivity contribution in [2.75, 3.05) is 18.1 Å². The molecule has 0 aromatic heterocycles. The molecule has 36 heavy (non-hydrogen) atoms. The Hall–Kier alpha value is -3.15. The van der Waals surface area contributed by atoms with Gasteiger partial charge in [-0.2, -0.15) is 0 Å². The molecule has 0 bridgehead atoms. The van der Waals surface area contributed by atoms with Gasteiger partial charge in [-0.25, -0.2) is 4.79 Å². The number of nitrogens with one attached hydrogen (secondary N) is 1. The van der Waals surface area contributed by atoms with Crippen LogP contribution in [-0.2, 0) is 22.6 Å². The lowest BCUT2D eigenvalue weighted by molar-refractivity contribution is -0.118. The van der Waals surface area contributed by atoms with Crippen LogP contribution in [0.25, 0.3) is 0 Å². The minimum absolute atomic E-state index is 0.0600. The monoisotopic (exact) mass is 506 g/mol. The summed E-state index contributed by atoms with van der Waals surface area (Å²) in [6, 6.07) is 22.9. The standard InChI is InChI=1S/C30H35ClN2O3/c1-4-5-18-36-30(35)26-12-16-28(17-13-26)33(21-24-6-10-25(11-7-24)22(2)3)29(34)20-32-19-23-8-14-27(31)15-9-23/h6-17,22,32H,4-5,18-21H2,1-3H3. The minimum atomic E-state index is -0.346. The second-order valence-corrected chi connectivity index (χ2v) is 9.58. The molecule has 0 saturated carbocycles. The van der Waals surface area contributed by atoms with Crippen LogP contribution in [-0.4, -0.2) is 25.0 Å². The fraction of sp³-hybridized carbons (Fsp3) is 0.333. The van der Waals surface area contributed by atoms with Gasteiger partial charge >= 0.3 is 5.97 Å². The van der Waals surface area contributed by atoms with Gasteiger partial charge in [0.2, 0.25) is 5.91 Å². The Morgan fingerprint density at radius 3 is 2.17 bits per heavy atom. The van der Waals surface area contributed by atoms with Gasteiger partial charge in [0.05, 0.1) is 25.3 Å². The minimum Gasteiger partial charge on any atom is -0.462 e. The van der Waals surface area contributed by atoms with Gasteiger partial charge in [0.25, 0.3) is 0 Å². The highest BCUT2D eigenvalue weighted by Gasteiger charge is 2.17. The summed E-state index contributed by atoms with van der Waals surface area (Å²) in [6.07, 6.45) is 1.80. The van der Waals surface area contributed by atoms with E-state index in [9.17, 15) is 9.59 Å². The predicted octanol–water partition coefficient (Wildman–Crippen LogP) is 6.74. The smallest absolute Gasteiger partial charge is 0.338 e. The van der Waals surface area contributed by atoms with Crippen molar-refractivity contribution in [2.45, 2.75) is 52.6 Å². The molecule has 0 aliphatic carbocycles. The topological polar surface area (TPSA) is 58.6 Å². The molecular weight excluding hydrogens is 472 g/mol. The van der Waals surface area contributed by atoms with Crippen molar-refractivity contribution >= 4 is 29.2 Å². The molecule has 0 saturated heterocycles. The SMILES string of the molecule is CCCCOC(=O)c1ccc(N(Cc2ccc(C(C)C)cc2)C(=O)CNCc2ccc(Cl)cc2)cc1. The van der Waals surface area contributed by atoms with Crippen molar-refractivity contribution < 1.29 is 14.3 Å². The van der Waals surface area contributed by atoms with Gasteiger partial charge in [-0.1, -0.05) is 75.2 Å². The Bertz CT molecular complexity index is 1110. The number of unbranched alkanes of at least 4 members (excludes halogenated alkanes) is 1. The van der Waals surface area contributed by atoms with Gasteiger partial charge in [0, 0.05) is 17.3 Å². The van der Waals surface area contributed by atoms with E-state index in [0.29, 0.717) is 36.2 Å². The number of hydrogen-bond acceptors (Lipinski definition) is 4. The van der Waals surface area contributed by atoms with Crippen molar-refractivity contribution in [1.29, 1.82) is 0 Å². The first-order valence-corrected chi connectivity index (χ1v) is 12.9. The molecule has 1 amide bonds. The second kappa shape index (κ2) is 13.8. The van der Waals surface area contributed by atoms with Gasteiger partial charge in [-0.05, 0) is 65.4 Å². The molecule has 0 aliphatic rings. The molecule has 190 valence electrons. The fourth-order valence-electron chi connectivity index (χ4n) is 3.70. The zero-order valence-corrected chi connectivity index (χ0v) is 22.1. The Morgan fingerprint density at radius 2 is 1.56 bits per heavy atom. The van der Waals surface area contributed by atoms with Crippen LogP contribution >= 0.6 is 11.6 Å². The lowest BCUT2D eigenvalue weighted by Gasteiger charge is -2.24. The number of anilines is 1. The molecule has 3 aromatic rings. The number of hydrogen-bond donors (Lipinski definition) is 1. The molecule has 0 fully saturated rings. The highest BCUT2D eigenvalue weighted by Crippen LogP contribution is 2.21. The summed E-state index contributed by atoms with van der Waals surface area (Å²) < 4.78 is 5.31. The van der Waals surface area contributed by atoms with Gasteiger partial charge in [0.15, 0.2) is 0 Å². The Labute approximate surface area is 219 Å². The molecule has 0 aliphatic heterocycles. The second-order valence-electron chi connectivity index (χ2n) is 9.14. The zero-order valence-electron chi connectivity index (χ0n) is 21.3. The number of benzene rings is 3. The zero-order chi connectivity index (χ0) is 25.9. The molecule has 0 heterocycles. The van der Waals surface area contributed by atoms with E-state index in [2.05, 4.69) is 50.4 Å². The molecule has 0 radical (unpaired) electrons. The molecule has 0 atom stereocenters. The lowest BCUT2D eigenvalue weighted by Crippen LogP contribution is -2.37. The summed E-state index contributed by atoms with van der Waals surface area (Å²) in [6.45, 7) is 7.94. The average Bonchev–Trinajstić information content (AvgIpc) is 2.89. The maximum atomic E-state index is 13.3. The molecule has 0 unspecified atom stereocenters. The Kier molecular flexibility index (Phi) is 10.5. The number of halogens is 1. The highest BCUT2D eigenvalue weighted by molar-refractivity contribution is 6.30. The highest BCUT2D eigenvalue weighted by atomic mass is 35.5. The third kappa shape index (κ3) is 8.21. The van der Waals surface area contributed by atoms with Crippen molar-refractivity contribution in [3.63, 3.8) is 0 Å². The maximum absolute atomic E-state index is 13.3. The summed E-state index contributed by atoms with van der Waals surface area (Å²) in [4.78, 5) is 27.3. The van der Waals surface area contributed by atoms with Crippen molar-refractivity contribution in [1.82, 2.24) is 5.32 Å². The first-order chi connectivity index (χ1) is 17.4. The van der Waals surface area contributed by atoms with Crippen LogP contribution in [0.5, 0.6) is 0 Å². The van der Waals surface area contributed by atoms with Crippen molar-refractivity contribution in [3.05, 3.63) is 100 Å². The third-order valence-corrected chi connectivity index (χ3v) is 6.20. The maximum Gasteiger partial charge on any atom is 0.338 e. The first kappa shape index (κ1) is 27.4. The van der Waals surface area contributed by atoms with E-state index < -0.39 is 0 Å². The van der Waals surface area contributed by atoms with Crippen LogP contribution in [0.2, 0.25) is 5.02 Å². The van der Waals surface area contributed by atoms with Crippen LogP contribution in [0.15, 0.2) is 72.8 Å². The summed E-state index contributed by atoms with van der Waals surface area (Å²) in [5.74, 6) is 0.0374. The van der Waals surface area contributed by atoms with Crippen molar-refractivity contribution in [3.8, 4) is 0 Å². The van der Waals surface area contributed by atoms with E-state index in [1.54, 1.807) is 29.2 Å². The summed E-state index contributed by atoms with van der Waals surface area (Å²) in [7, 11) is 0. The normalized spacial score (nSPS) is 10.9. The largest absolute Gasteiger partial charge is 0.462 e. The van der Waals surface area contributed by atoms with E-state index in [1.807, 2.05) is 24.3 Å². The number of esters is 1. The van der Waals surface area contributed by atoms with Gasteiger partial charge in [-0.3, -0.25) is 4.79 Å². The van der Waals surface area contributed by atoms with E-state index in [0.717, 1.165) is 29.7 Å². The van der Waals surface area contributed by atoms with E-state index >= 15 is 0 Å². The van der Waals surface area contributed by atoms with Crippen LogP contribution in [0, 0.1) is 0 Å². The fourth-order valence-corrected chi connectivity index (χ4v) is 3.82. The first-order valence-electron chi connectivity index (χ1n) is 12.5. The third-order valence-electron chi connectivity index (χ3n) is 5.95. The molecule has 6 heteroatoms. The molecule has 0 spiro atoms. The number of ether oxygens (including phenoxy) is 1. The number of carbonyl (C=O) groups is 2. The van der Waals surface area contributed by atoms with Gasteiger partial charge in [0.1, 0.15) is 0 Å². The van der Waals surface area contributed by atoms with Gasteiger partial charge in [-0.15, -0.1) is 0 Å². The molecular formula is C30H35ClN2O3. The Morgan fingerprint density at radius 1 is 0.917 bits per heavy atom. The average molecular weight is 507 g/mol. The van der Waals surface area contributed by atoms with Gasteiger partial charge < -0.3 is 15.0 Å². The van der Waals surface area contributed by atoms with Crippen LogP contribution in [0.1, 0.15) is 66.6 Å². The summed E-state index contributed by atoms with van der Waals surface area (Å²) >= 11 is 5.96. The molecule has 3 rings (SSSR count). The lowest BCUT2D eigenvalue weighted by atomic mass is 10.0. The van der Waals surface area contributed by atoms with Crippen LogP contribution in [0.4, 0.5) is 5.69 Å². The number of carbonyl (C=O) groups excluding carboxylic acids is 2. The van der Waals surface area contributed by atoms with E-state index in [4.69, 9.17) is 16.3 Å². The number of amides is 1. The van der Waals surface area contributed by atoms with E-state index in [-0.39, 0.29) is 18.4 Å². The number of rotatable bonds is 12. The van der Waals surface area contributed by atoms with E-state index in [1.165, 1.54) is 5.56 Å². The Balaban J connectivity index is 1.73. The number of nitrogens with zero attached hydrogens (tertiary/aromatic N) is 1. The van der Waals surface area contributed by atoms with Crippen LogP contribution in [0.3, 0.4) is 0 Å². The molecule has 5 nitrogen and oxygen atoms in total. The molecule has 1 N–H and O–H groups in total. The summed E-state index contributed by atoms with van der Waals surface area (Å²) in [5.41, 5.74) is 4.55.